The van der Waals surface area contributed by atoms with Crippen molar-refractivity contribution in [3.05, 3.63) is 72.8 Å². The van der Waals surface area contributed by atoms with E-state index in [-0.39, 0.29) is 0 Å². The molecule has 22 heavy (non-hydrogen) atoms. The molecule has 0 aliphatic carbocycles. The van der Waals surface area contributed by atoms with Gasteiger partial charge in [0.05, 0.1) is 0 Å². The maximum absolute atomic E-state index is 5.99. The summed E-state index contributed by atoms with van der Waals surface area (Å²) in [6, 6.07) is 24.4. The Bertz CT molecular complexity index is 693. The maximum atomic E-state index is 5.99. The van der Waals surface area contributed by atoms with Crippen LogP contribution in [-0.2, 0) is 0 Å². The molecule has 0 saturated heterocycles. The third-order valence-corrected chi connectivity index (χ3v) is 8.39. The first-order valence-corrected chi connectivity index (χ1v) is 9.82. The van der Waals surface area contributed by atoms with Crippen LogP contribution in [0.3, 0.4) is 0 Å². The number of nitrogen functional groups attached to an aromatic ring is 3. The second-order valence-electron chi connectivity index (χ2n) is 5.12. The molecule has 3 rings (SSSR count). The van der Waals surface area contributed by atoms with E-state index < -0.39 is 14.7 Å². The van der Waals surface area contributed by atoms with Crippen molar-refractivity contribution in [3.8, 4) is 0 Å². The minimum absolute atomic E-state index is 0.782. The number of hydrogen-bond donors (Lipinski definition) is 3. The molecule has 0 fully saturated rings. The molecule has 0 aliphatic heterocycles. The van der Waals surface area contributed by atoms with Crippen LogP contribution in [0.5, 0.6) is 0 Å². The van der Waals surface area contributed by atoms with Crippen LogP contribution < -0.4 is 30.3 Å². The van der Waals surface area contributed by atoms with Gasteiger partial charge in [0.15, 0.2) is 0 Å². The molecular formula is C18H18AsN3. The van der Waals surface area contributed by atoms with Crippen LogP contribution in [0.4, 0.5) is 17.1 Å². The second-order valence-corrected chi connectivity index (χ2v) is 9.78. The van der Waals surface area contributed by atoms with Crippen LogP contribution in [0.15, 0.2) is 72.8 Å². The summed E-state index contributed by atoms with van der Waals surface area (Å²) in [5, 5.41) is 0. The topological polar surface area (TPSA) is 78.1 Å². The number of hydrogen-bond acceptors (Lipinski definition) is 3. The molecule has 0 aliphatic rings. The fourth-order valence-corrected chi connectivity index (χ4v) is 7.55. The van der Waals surface area contributed by atoms with E-state index in [1.54, 1.807) is 0 Å². The number of rotatable bonds is 3. The van der Waals surface area contributed by atoms with Crippen LogP contribution in [0.1, 0.15) is 0 Å². The van der Waals surface area contributed by atoms with Gasteiger partial charge in [0.1, 0.15) is 0 Å². The molecule has 0 amide bonds. The summed E-state index contributed by atoms with van der Waals surface area (Å²) in [5.74, 6) is 0. The van der Waals surface area contributed by atoms with E-state index in [9.17, 15) is 0 Å². The Labute approximate surface area is 135 Å². The summed E-state index contributed by atoms with van der Waals surface area (Å²) in [6.45, 7) is 0. The van der Waals surface area contributed by atoms with Gasteiger partial charge in [-0.05, 0) is 0 Å². The van der Waals surface area contributed by atoms with E-state index >= 15 is 0 Å². The molecule has 0 heterocycles. The van der Waals surface area contributed by atoms with Gasteiger partial charge >= 0.3 is 135 Å². The Morgan fingerprint density at radius 1 is 0.500 bits per heavy atom. The number of anilines is 3. The van der Waals surface area contributed by atoms with Crippen molar-refractivity contribution in [1.29, 1.82) is 0 Å². The van der Waals surface area contributed by atoms with E-state index in [0.29, 0.717) is 0 Å². The summed E-state index contributed by atoms with van der Waals surface area (Å²) < 4.78 is 3.80. The average molecular weight is 351 g/mol. The Morgan fingerprint density at radius 3 is 1.09 bits per heavy atom. The van der Waals surface area contributed by atoms with Crippen LogP contribution in [0.25, 0.3) is 0 Å². The predicted octanol–water partition coefficient (Wildman–Crippen LogP) is 0.949. The fourth-order valence-electron chi connectivity index (χ4n) is 2.44. The van der Waals surface area contributed by atoms with Crippen molar-refractivity contribution < 1.29 is 0 Å². The Kier molecular flexibility index (Phi) is 4.08. The molecule has 3 aromatic carbocycles. The van der Waals surface area contributed by atoms with Crippen molar-refractivity contribution >= 4 is 44.8 Å². The molecular weight excluding hydrogens is 333 g/mol. The normalized spacial score (nSPS) is 10.8. The Morgan fingerprint density at radius 2 is 0.818 bits per heavy atom. The van der Waals surface area contributed by atoms with Crippen molar-refractivity contribution in [2.45, 2.75) is 0 Å². The molecule has 4 heteroatoms. The standard InChI is InChI=1S/C18H18AsN3/c20-16-7-1-4-13(10-16)19(14-5-2-8-17(21)11-14)15-6-3-9-18(22)12-15/h1-12H,20-22H2. The Balaban J connectivity index is 2.18. The summed E-state index contributed by atoms with van der Waals surface area (Å²) >= 11 is -1.72. The summed E-state index contributed by atoms with van der Waals surface area (Å²) in [5.41, 5.74) is 20.3. The molecule has 0 aromatic heterocycles. The van der Waals surface area contributed by atoms with Crippen molar-refractivity contribution in [3.63, 3.8) is 0 Å². The zero-order valence-electron chi connectivity index (χ0n) is 12.1. The quantitative estimate of drug-likeness (QED) is 0.486. The van der Waals surface area contributed by atoms with Gasteiger partial charge in [0, 0.05) is 0 Å². The van der Waals surface area contributed by atoms with E-state index in [1.165, 1.54) is 13.1 Å². The van der Waals surface area contributed by atoms with Gasteiger partial charge in [-0.1, -0.05) is 0 Å². The third-order valence-electron chi connectivity index (χ3n) is 3.39. The summed E-state index contributed by atoms with van der Waals surface area (Å²) in [7, 11) is 0. The summed E-state index contributed by atoms with van der Waals surface area (Å²) in [4.78, 5) is 0. The van der Waals surface area contributed by atoms with Gasteiger partial charge in [-0.3, -0.25) is 0 Å². The third kappa shape index (κ3) is 3.10. The van der Waals surface area contributed by atoms with Crippen LogP contribution in [0.2, 0.25) is 0 Å². The molecule has 0 atom stereocenters. The van der Waals surface area contributed by atoms with E-state index in [4.69, 9.17) is 17.2 Å². The molecule has 3 aromatic rings. The first-order chi connectivity index (χ1) is 10.6. The van der Waals surface area contributed by atoms with E-state index in [2.05, 4.69) is 36.4 Å². The van der Waals surface area contributed by atoms with Gasteiger partial charge in [0.25, 0.3) is 0 Å². The van der Waals surface area contributed by atoms with Gasteiger partial charge in [-0.15, -0.1) is 0 Å². The average Bonchev–Trinajstić information content (AvgIpc) is 2.48. The van der Waals surface area contributed by atoms with Crippen LogP contribution in [0, 0.1) is 0 Å². The zero-order chi connectivity index (χ0) is 15.5. The SMILES string of the molecule is Nc1cccc([As](c2cccc(N)c2)c2cccc(N)c2)c1. The monoisotopic (exact) mass is 351 g/mol. The van der Waals surface area contributed by atoms with E-state index in [1.807, 2.05) is 36.4 Å². The van der Waals surface area contributed by atoms with Crippen molar-refractivity contribution in [2.24, 2.45) is 0 Å². The molecule has 0 saturated carbocycles. The molecule has 0 bridgehead atoms. The van der Waals surface area contributed by atoms with Crippen LogP contribution >= 0.6 is 0 Å². The molecule has 6 N–H and O–H groups in total. The molecule has 3 nitrogen and oxygen atoms in total. The van der Waals surface area contributed by atoms with Crippen LogP contribution in [-0.4, -0.2) is 14.7 Å². The molecule has 0 spiro atoms. The van der Waals surface area contributed by atoms with Crippen molar-refractivity contribution in [1.82, 2.24) is 0 Å². The minimum atomic E-state index is -1.72. The zero-order valence-corrected chi connectivity index (χ0v) is 14.0. The first kappa shape index (κ1) is 14.6. The van der Waals surface area contributed by atoms with E-state index in [0.717, 1.165) is 17.1 Å². The summed E-state index contributed by atoms with van der Waals surface area (Å²) in [6.07, 6.45) is 0. The molecule has 110 valence electrons. The number of nitrogens with two attached hydrogens (primary N) is 3. The van der Waals surface area contributed by atoms with Gasteiger partial charge in [0.2, 0.25) is 0 Å². The van der Waals surface area contributed by atoms with Gasteiger partial charge in [-0.25, -0.2) is 0 Å². The Hall–Kier alpha value is -2.38. The first-order valence-electron chi connectivity index (χ1n) is 7.00. The predicted molar refractivity (Wildman–Crippen MR) is 97.2 cm³/mol. The fraction of sp³-hybridized carbons (Fsp3) is 0. The second kappa shape index (κ2) is 6.16. The molecule has 0 radical (unpaired) electrons. The van der Waals surface area contributed by atoms with Crippen molar-refractivity contribution in [2.75, 3.05) is 17.2 Å². The van der Waals surface area contributed by atoms with Gasteiger partial charge in [-0.2, -0.15) is 0 Å². The molecule has 0 unspecified atom stereocenters. The van der Waals surface area contributed by atoms with Gasteiger partial charge < -0.3 is 0 Å². The number of benzene rings is 3.